The molecule has 14 N–H and O–H groups in total. The maximum Gasteiger partial charge on any atom is 1.00 e. The van der Waals surface area contributed by atoms with Gasteiger partial charge in [-0.1, -0.05) is 270 Å². The van der Waals surface area contributed by atoms with Crippen molar-refractivity contribution < 1.29 is 244 Å². The summed E-state index contributed by atoms with van der Waals surface area (Å²) in [6.07, 6.45) is 22.2. The Hall–Kier alpha value is -10.3. The first-order chi connectivity index (χ1) is 61.4. The summed E-state index contributed by atoms with van der Waals surface area (Å²) >= 11 is 0. The number of carbonyl (C=O) groups is 10. The van der Waals surface area contributed by atoms with Gasteiger partial charge in [-0.25, -0.2) is 4.79 Å². The third-order valence-corrected chi connectivity index (χ3v) is 16.6. The van der Waals surface area contributed by atoms with Gasteiger partial charge in [0.2, 0.25) is 5.78 Å². The first-order valence-corrected chi connectivity index (χ1v) is 42.2. The Kier molecular flexibility index (Phi) is 117. The summed E-state index contributed by atoms with van der Waals surface area (Å²) < 4.78 is 55.6. The third-order valence-electron chi connectivity index (χ3n) is 16.6. The second kappa shape index (κ2) is 102. The van der Waals surface area contributed by atoms with Crippen LogP contribution in [0, 0.1) is 0 Å². The Morgan fingerprint density at radius 2 is 0.730 bits per heavy atom. The largest absolute Gasteiger partial charge is 1.00 e. The number of hydrogen-bond donors (Lipinski definition) is 13. The quantitative estimate of drug-likeness (QED) is 0.00179. The normalized spacial score (nSPS) is 9.46. The number of ketones is 2. The number of allylic oxidation sites excluding steroid dienone is 2. The summed E-state index contributed by atoms with van der Waals surface area (Å²) in [5.74, 6) is -6.95. The van der Waals surface area contributed by atoms with Gasteiger partial charge in [0.25, 0.3) is 12.3 Å². The zero-order valence-corrected chi connectivity index (χ0v) is 84.3. The molecule has 0 aliphatic heterocycles. The van der Waals surface area contributed by atoms with Gasteiger partial charge in [-0.2, -0.15) is 8.42 Å². The molecule has 0 aromatic heterocycles. The number of carboxylic acids is 3. The number of ether oxygens (including phenoxy) is 5. The van der Waals surface area contributed by atoms with Crippen LogP contribution in [0.15, 0.2) is 183 Å². The fourth-order valence-corrected chi connectivity index (χ4v) is 9.98. The number of aliphatic hydroxyl groups is 3. The van der Waals surface area contributed by atoms with Crippen LogP contribution in [0.3, 0.4) is 0 Å². The Morgan fingerprint density at radius 1 is 0.431 bits per heavy atom. The minimum atomic E-state index is -4.67. The Bertz CT molecular complexity index is 4420. The summed E-state index contributed by atoms with van der Waals surface area (Å²) in [4.78, 5) is 109. The molecule has 0 saturated heterocycles. The summed E-state index contributed by atoms with van der Waals surface area (Å²) in [6, 6.07) is 40.7. The molecule has 0 bridgehead atoms. The molecule has 2 unspecified atom stereocenters. The van der Waals surface area contributed by atoms with E-state index in [1.54, 1.807) is 78.9 Å². The van der Waals surface area contributed by atoms with Gasteiger partial charge in [0.1, 0.15) is 52.3 Å². The number of carbonyl (C=O) groups excluding carboxylic acids is 8. The van der Waals surface area contributed by atoms with Crippen molar-refractivity contribution in [1.29, 1.82) is 0 Å². The third kappa shape index (κ3) is 79.4. The van der Waals surface area contributed by atoms with Gasteiger partial charge in [0, 0.05) is 42.0 Å². The Balaban J connectivity index is -0.000000103. The van der Waals surface area contributed by atoms with Crippen LogP contribution in [-0.2, 0) is 130 Å². The second-order valence-corrected chi connectivity index (χ2v) is 26.7. The van der Waals surface area contributed by atoms with Crippen molar-refractivity contribution in [3.8, 4) is 40.2 Å². The van der Waals surface area contributed by atoms with Crippen LogP contribution in [-0.4, -0.2) is 194 Å². The van der Waals surface area contributed by atoms with E-state index in [2.05, 4.69) is 64.7 Å². The van der Waals surface area contributed by atoms with E-state index < -0.39 is 39.9 Å². The van der Waals surface area contributed by atoms with Crippen molar-refractivity contribution in [3.05, 3.63) is 244 Å². The Morgan fingerprint density at radius 3 is 1.03 bits per heavy atom. The van der Waals surface area contributed by atoms with Crippen molar-refractivity contribution in [2.24, 2.45) is 0 Å². The number of carboxylic acid groups (broad SMARTS) is 3. The first-order valence-electron chi connectivity index (χ1n) is 40.8. The monoisotopic (exact) mass is 1970 g/mol. The van der Waals surface area contributed by atoms with Crippen molar-refractivity contribution in [3.63, 3.8) is 0 Å². The number of aliphatic hydroxyl groups excluding tert-OH is 3. The molecular weight excluding hydrogens is 1820 g/mol. The molecule has 0 radical (unpaired) electrons. The minimum absolute atomic E-state index is 0. The zero-order valence-electron chi connectivity index (χ0n) is 79.5. The van der Waals surface area contributed by atoms with Crippen LogP contribution in [0.1, 0.15) is 233 Å². The van der Waals surface area contributed by atoms with Crippen LogP contribution < -0.4 is 93.1 Å². The summed E-state index contributed by atoms with van der Waals surface area (Å²) in [7, 11) is 2.73. The molecule has 0 saturated carbocycles. The average molecular weight is 1970 g/mol. The van der Waals surface area contributed by atoms with Crippen molar-refractivity contribution in [2.45, 2.75) is 232 Å². The molecule has 38 heteroatoms. The molecule has 2 atom stereocenters. The molecule has 0 spiro atoms. The summed E-state index contributed by atoms with van der Waals surface area (Å²) in [6.45, 7) is 23.2. The maximum absolute atomic E-state index is 11.3. The maximum atomic E-state index is 11.3. The smallest absolute Gasteiger partial charge is 0.870 e. The molecule has 0 aliphatic carbocycles. The molecule has 758 valence electrons. The predicted octanol–water partition coefficient (Wildman–Crippen LogP) is 6.13. The number of aryl methyl sites for hydroxylation is 3. The van der Waals surface area contributed by atoms with E-state index in [-0.39, 0.29) is 233 Å². The zero-order chi connectivity index (χ0) is 99.8. The van der Waals surface area contributed by atoms with Gasteiger partial charge in [0.15, 0.2) is 0 Å². The fourth-order valence-electron chi connectivity index (χ4n) is 9.98. The van der Waals surface area contributed by atoms with Gasteiger partial charge in [-0.15, -0.1) is 6.58 Å². The molecule has 0 amide bonds. The van der Waals surface area contributed by atoms with E-state index in [0.717, 1.165) is 114 Å². The van der Waals surface area contributed by atoms with Crippen molar-refractivity contribution in [2.75, 3.05) is 42.7 Å². The number of methoxy groups -OCH3 is 4. The number of aliphatic carboxylic acids is 3. The second-order valence-electron chi connectivity index (χ2n) is 25.8. The number of para-hydroxylation sites is 7. The SMILES string of the molecule is C.C.C.C.C=CC(CC)Oc1ccccc1CC(=O)OC.C=CC(O)CC.CC.CC/C=C/Cc1cccc(CC(=O)OC)c1O.CCCCCc1cccc(C(=O)C(=O)O)c1O.CCCCCc1cccc(C(=O)C(=O)[O-])c1O.CCCCCc1cccc(CC(=O)OC)c1O.CO.CO.COC(=O)Cc1ccccc1O.O=C(O)Cc1ccccc1O.O=CO[O-].O=S(=O)(O)O.[Li+].[Na+].[Na+].[OH-]. The molecular formula is C99H149LiNa2O34S. The number of unbranched alkanes of at least 4 members (excludes halogenated alkanes) is 6. The van der Waals surface area contributed by atoms with Crippen LogP contribution in [0.5, 0.6) is 40.2 Å². The van der Waals surface area contributed by atoms with E-state index in [0.29, 0.717) is 58.4 Å². The summed E-state index contributed by atoms with van der Waals surface area (Å²) in [5.41, 5.74) is 5.77. The number of Topliss-reactive ketones (excluding diaryl/α,β-unsaturated/α-hetero) is 2. The van der Waals surface area contributed by atoms with Gasteiger partial charge in [-0.05, 0) is 117 Å². The number of esters is 4. The van der Waals surface area contributed by atoms with Crippen LogP contribution in [0.2, 0.25) is 0 Å². The van der Waals surface area contributed by atoms with Gasteiger partial charge >= 0.3 is 124 Å². The molecule has 137 heavy (non-hydrogen) atoms. The van der Waals surface area contributed by atoms with Crippen LogP contribution >= 0.6 is 0 Å². The topological polar surface area (TPSA) is 599 Å². The fraction of sp³-hybridized carbons (Fsp3) is 0.414. The Labute approximate surface area is 866 Å². The molecule has 7 aromatic carbocycles. The van der Waals surface area contributed by atoms with Gasteiger partial charge < -0.3 is 105 Å². The van der Waals surface area contributed by atoms with Crippen molar-refractivity contribution >= 4 is 70.2 Å². The first kappa shape index (κ1) is 158. The number of hydrogen-bond acceptors (Lipinski definition) is 30. The van der Waals surface area contributed by atoms with Gasteiger partial charge in [0.05, 0.1) is 77.8 Å². The minimum Gasteiger partial charge on any atom is -0.870 e. The van der Waals surface area contributed by atoms with E-state index >= 15 is 0 Å². The predicted molar refractivity (Wildman–Crippen MR) is 513 cm³/mol. The van der Waals surface area contributed by atoms with E-state index in [4.69, 9.17) is 63.0 Å². The summed E-state index contributed by atoms with van der Waals surface area (Å²) in [5, 5.41) is 116. The number of benzene rings is 7. The van der Waals surface area contributed by atoms with E-state index in [9.17, 15) is 73.8 Å². The van der Waals surface area contributed by atoms with Crippen LogP contribution in [0.25, 0.3) is 0 Å². The standard InChI is InChI=1S/C14H18O3.C14H20O3.C14H18O3.2C13H16O4.C9H10O3.C8H8O3.C5H10O.C2H6.CH2O3.2CH4O.4CH4.Li.2Na.H2O4S.H2O/c1-4-12(5-2)17-13-9-7-6-8-11(13)10-14(15)16-3;2*1-3-4-5-7-11-8-6-9-12(14(11)16)10-13(15)17-2;2*1-2-3-4-6-9-7-5-8-10(11(9)14)12(15)13(16)17;1-12-9(11)6-7-4-2-3-5-8(7)10;9-7-4-2-1-3-6(7)5-8(10)11;1-3-5(6)4-2;1-2;2-1-4-3;2*1-2;;;;;;;;1-5(2,3)4;/h4,6-9,12H,1,5,10H2,2-3H3;6,8-9,16H,3-5,7,10H2,1-2H3;4-6,8-9,16H,3,7,10H2,1-2H3;2*5,7-8,14H,2-4,6H2,1H3,(H,16,17);2-5,10H,6H2,1H3;1-4,9H,5H2,(H,10,11);3,5-6H,1,4H2,2H3;1-2H3;1,3H;2*2H,1H3;4*1H4;;;;(H2,1,2,3,4);1H2/q;;;;;;;;;;;;;;;;3*+1;;/p-3/b;;5-4+;;;;;;;;;;;;;;;;;;. The molecule has 0 fully saturated rings. The number of phenolic OH excluding ortho intramolecular Hbond substituents is 6. The number of rotatable bonds is 36. The number of aromatic hydroxyl groups is 6. The molecule has 7 rings (SSSR count). The molecule has 7 aromatic rings. The molecule has 0 heterocycles. The van der Waals surface area contributed by atoms with E-state index in [1.165, 1.54) is 58.8 Å². The average Bonchev–Trinajstić information content (AvgIpc) is 0.835. The van der Waals surface area contributed by atoms with Crippen LogP contribution in [0.4, 0.5) is 0 Å². The van der Waals surface area contributed by atoms with Crippen molar-refractivity contribution in [1.82, 2.24) is 0 Å². The van der Waals surface area contributed by atoms with Gasteiger partial charge in [-0.3, -0.25) is 47.5 Å². The van der Waals surface area contributed by atoms with E-state index in [1.807, 2.05) is 88.4 Å². The molecule has 34 nitrogen and oxygen atoms in total. The number of phenols is 6. The molecule has 0 aliphatic rings.